The molecule has 0 spiro atoms. The van der Waals surface area contributed by atoms with Gasteiger partial charge in [0, 0.05) is 5.39 Å². The third-order valence-corrected chi connectivity index (χ3v) is 4.95. The van der Waals surface area contributed by atoms with E-state index in [1.165, 1.54) is 11.1 Å². The van der Waals surface area contributed by atoms with Crippen molar-refractivity contribution in [3.8, 4) is 11.5 Å². The van der Waals surface area contributed by atoms with Crippen molar-refractivity contribution < 1.29 is 19.4 Å². The van der Waals surface area contributed by atoms with E-state index in [-0.39, 0.29) is 6.61 Å². The summed E-state index contributed by atoms with van der Waals surface area (Å²) >= 11 is 0. The Kier molecular flexibility index (Phi) is 6.43. The molecule has 5 nitrogen and oxygen atoms in total. The first kappa shape index (κ1) is 20.4. The Hall–Kier alpha value is -3.86. The molecule has 0 unspecified atom stereocenters. The minimum atomic E-state index is -0.981. The highest BCUT2D eigenvalue weighted by molar-refractivity contribution is 5.78. The van der Waals surface area contributed by atoms with Crippen LogP contribution in [0.1, 0.15) is 16.8 Å². The lowest BCUT2D eigenvalue weighted by molar-refractivity contribution is -0.139. The van der Waals surface area contributed by atoms with Crippen LogP contribution in [0, 0.1) is 0 Å². The van der Waals surface area contributed by atoms with Gasteiger partial charge in [0.25, 0.3) is 0 Å². The average molecular weight is 413 g/mol. The minimum Gasteiger partial charge on any atom is -0.487 e. The molecule has 0 radical (unpaired) electrons. The zero-order valence-corrected chi connectivity index (χ0v) is 17.0. The summed E-state index contributed by atoms with van der Waals surface area (Å²) in [4.78, 5) is 15.2. The second kappa shape index (κ2) is 9.76. The van der Waals surface area contributed by atoms with Crippen LogP contribution >= 0.6 is 0 Å². The van der Waals surface area contributed by atoms with Crippen molar-refractivity contribution in [2.75, 3.05) is 6.61 Å². The van der Waals surface area contributed by atoms with E-state index >= 15 is 0 Å². The van der Waals surface area contributed by atoms with Crippen LogP contribution in [0.15, 0.2) is 84.9 Å². The molecule has 0 bridgehead atoms. The van der Waals surface area contributed by atoms with Crippen molar-refractivity contribution in [3.05, 3.63) is 102 Å². The first-order chi connectivity index (χ1) is 15.2. The second-order valence-electron chi connectivity index (χ2n) is 7.25. The lowest BCUT2D eigenvalue weighted by atomic mass is 10.0. The Morgan fingerprint density at radius 3 is 2.00 bits per heavy atom. The molecule has 0 fully saturated rings. The van der Waals surface area contributed by atoms with Crippen molar-refractivity contribution in [1.82, 2.24) is 4.98 Å². The molecule has 0 atom stereocenters. The molecule has 4 rings (SSSR count). The maximum atomic E-state index is 10.5. The van der Waals surface area contributed by atoms with E-state index < -0.39 is 5.97 Å². The maximum Gasteiger partial charge on any atom is 0.341 e. The zero-order valence-electron chi connectivity index (χ0n) is 17.0. The van der Waals surface area contributed by atoms with Gasteiger partial charge in [-0.05, 0) is 60.4 Å². The highest BCUT2D eigenvalue weighted by Gasteiger charge is 2.03. The number of aryl methyl sites for hydroxylation is 2. The number of aromatic nitrogens is 1. The van der Waals surface area contributed by atoms with Crippen LogP contribution in [0.5, 0.6) is 11.5 Å². The van der Waals surface area contributed by atoms with Crippen LogP contribution in [0.2, 0.25) is 0 Å². The predicted molar refractivity (Wildman–Crippen MR) is 119 cm³/mol. The summed E-state index contributed by atoms with van der Waals surface area (Å²) in [6.07, 6.45) is 1.79. The molecule has 0 saturated heterocycles. The number of para-hydroxylation sites is 1. The maximum absolute atomic E-state index is 10.5. The van der Waals surface area contributed by atoms with Crippen LogP contribution in [-0.2, 0) is 24.2 Å². The summed E-state index contributed by atoms with van der Waals surface area (Å²) in [5.74, 6) is 0.400. The Labute approximate surface area is 180 Å². The number of rotatable bonds is 9. The van der Waals surface area contributed by atoms with Crippen molar-refractivity contribution in [2.45, 2.75) is 19.4 Å². The predicted octanol–water partition coefficient (Wildman–Crippen LogP) is 5.06. The van der Waals surface area contributed by atoms with E-state index in [1.54, 1.807) is 12.1 Å². The molecule has 1 N–H and O–H groups in total. The van der Waals surface area contributed by atoms with Gasteiger partial charge in [0.1, 0.15) is 18.1 Å². The van der Waals surface area contributed by atoms with E-state index in [1.807, 2.05) is 54.6 Å². The summed E-state index contributed by atoms with van der Waals surface area (Å²) in [5, 5.41) is 9.78. The summed E-state index contributed by atoms with van der Waals surface area (Å²) in [5.41, 5.74) is 4.27. The number of nitrogens with zero attached hydrogens (tertiary/aromatic N) is 1. The van der Waals surface area contributed by atoms with E-state index in [4.69, 9.17) is 14.6 Å². The number of hydrogen-bond acceptors (Lipinski definition) is 4. The van der Waals surface area contributed by atoms with Crippen LogP contribution < -0.4 is 9.47 Å². The fourth-order valence-electron chi connectivity index (χ4n) is 3.28. The van der Waals surface area contributed by atoms with E-state index in [2.05, 4.69) is 23.2 Å². The van der Waals surface area contributed by atoms with E-state index in [0.717, 1.165) is 35.2 Å². The summed E-state index contributed by atoms with van der Waals surface area (Å²) in [6.45, 7) is 0.102. The Morgan fingerprint density at radius 2 is 1.35 bits per heavy atom. The standard InChI is InChI=1S/C26H23NO4/c28-26(29)18-31-24-15-9-20(10-16-24)6-5-19-7-13-23(14-8-19)30-17-22-12-11-21-3-1-2-4-25(21)27-22/h1-4,7-16H,5-6,17-18H2,(H,28,29). The van der Waals surface area contributed by atoms with E-state index in [0.29, 0.717) is 12.4 Å². The van der Waals surface area contributed by atoms with Gasteiger partial charge in [-0.15, -0.1) is 0 Å². The van der Waals surface area contributed by atoms with Crippen LogP contribution in [0.25, 0.3) is 10.9 Å². The molecule has 0 aliphatic carbocycles. The second-order valence-corrected chi connectivity index (χ2v) is 7.25. The van der Waals surface area contributed by atoms with Gasteiger partial charge in [-0.2, -0.15) is 0 Å². The summed E-state index contributed by atoms with van der Waals surface area (Å²) < 4.78 is 11.0. The van der Waals surface area contributed by atoms with Crippen molar-refractivity contribution in [3.63, 3.8) is 0 Å². The lowest BCUT2D eigenvalue weighted by Crippen LogP contribution is -2.09. The van der Waals surface area contributed by atoms with Crippen LogP contribution in [0.3, 0.4) is 0 Å². The normalized spacial score (nSPS) is 10.7. The van der Waals surface area contributed by atoms with Crippen LogP contribution in [0.4, 0.5) is 0 Å². The fourth-order valence-corrected chi connectivity index (χ4v) is 3.28. The van der Waals surface area contributed by atoms with E-state index in [9.17, 15) is 4.79 Å². The number of carboxylic acid groups (broad SMARTS) is 1. The largest absolute Gasteiger partial charge is 0.487 e. The molecule has 0 saturated carbocycles. The Balaban J connectivity index is 1.27. The van der Waals surface area contributed by atoms with Crippen molar-refractivity contribution in [1.29, 1.82) is 0 Å². The molecular formula is C26H23NO4. The highest BCUT2D eigenvalue weighted by Crippen LogP contribution is 2.18. The third-order valence-electron chi connectivity index (χ3n) is 4.95. The number of pyridine rings is 1. The number of carbonyl (C=O) groups is 1. The number of ether oxygens (including phenoxy) is 2. The monoisotopic (exact) mass is 413 g/mol. The number of carboxylic acids is 1. The molecule has 5 heteroatoms. The van der Waals surface area contributed by atoms with Gasteiger partial charge in [0.2, 0.25) is 0 Å². The molecule has 3 aromatic carbocycles. The topological polar surface area (TPSA) is 68.7 Å². The minimum absolute atomic E-state index is 0.329. The summed E-state index contributed by atoms with van der Waals surface area (Å²) in [7, 11) is 0. The van der Waals surface area contributed by atoms with Gasteiger partial charge in [-0.3, -0.25) is 0 Å². The molecule has 156 valence electrons. The molecule has 1 heterocycles. The first-order valence-electron chi connectivity index (χ1n) is 10.2. The van der Waals surface area contributed by atoms with Gasteiger partial charge in [0.05, 0.1) is 11.2 Å². The zero-order chi connectivity index (χ0) is 21.5. The molecular weight excluding hydrogens is 390 g/mol. The van der Waals surface area contributed by atoms with Gasteiger partial charge in [-0.25, -0.2) is 9.78 Å². The molecule has 0 aliphatic rings. The molecule has 4 aromatic rings. The molecule has 1 aromatic heterocycles. The smallest absolute Gasteiger partial charge is 0.341 e. The Bertz CT molecular complexity index is 1150. The Morgan fingerprint density at radius 1 is 0.742 bits per heavy atom. The average Bonchev–Trinajstić information content (AvgIpc) is 2.81. The van der Waals surface area contributed by atoms with Crippen molar-refractivity contribution in [2.24, 2.45) is 0 Å². The SMILES string of the molecule is O=C(O)COc1ccc(CCc2ccc(OCc3ccc4ccccc4n3)cc2)cc1. The molecule has 0 amide bonds. The number of hydrogen-bond donors (Lipinski definition) is 1. The third kappa shape index (κ3) is 5.82. The number of benzene rings is 3. The number of fused-ring (bicyclic) bond motifs is 1. The van der Waals surface area contributed by atoms with Gasteiger partial charge >= 0.3 is 5.97 Å². The number of aliphatic carboxylic acids is 1. The lowest BCUT2D eigenvalue weighted by Gasteiger charge is -2.08. The highest BCUT2D eigenvalue weighted by atomic mass is 16.5. The summed E-state index contributed by atoms with van der Waals surface area (Å²) in [6, 6.07) is 27.8. The van der Waals surface area contributed by atoms with Gasteiger partial charge in [-0.1, -0.05) is 48.5 Å². The van der Waals surface area contributed by atoms with Gasteiger partial charge < -0.3 is 14.6 Å². The van der Waals surface area contributed by atoms with Gasteiger partial charge in [0.15, 0.2) is 6.61 Å². The quantitative estimate of drug-likeness (QED) is 0.415. The van der Waals surface area contributed by atoms with Crippen LogP contribution in [-0.4, -0.2) is 22.7 Å². The molecule has 0 aliphatic heterocycles. The molecule has 31 heavy (non-hydrogen) atoms. The van der Waals surface area contributed by atoms with Crippen molar-refractivity contribution >= 4 is 16.9 Å². The fraction of sp³-hybridized carbons (Fsp3) is 0.154. The first-order valence-corrected chi connectivity index (χ1v) is 10.2.